The van der Waals surface area contributed by atoms with Gasteiger partial charge in [0.05, 0.1) is 5.56 Å². The van der Waals surface area contributed by atoms with Gasteiger partial charge in [0.25, 0.3) is 5.91 Å². The molecule has 6 heteroatoms. The zero-order valence-electron chi connectivity index (χ0n) is 10.6. The van der Waals surface area contributed by atoms with E-state index in [1.54, 1.807) is 13.1 Å². The predicted molar refractivity (Wildman–Crippen MR) is 67.1 cm³/mol. The van der Waals surface area contributed by atoms with Gasteiger partial charge in [0.1, 0.15) is 17.8 Å². The molecule has 1 saturated heterocycles. The average molecular weight is 258 g/mol. The van der Waals surface area contributed by atoms with Crippen LogP contribution in [-0.4, -0.2) is 41.3 Å². The summed E-state index contributed by atoms with van der Waals surface area (Å²) in [5, 5.41) is 11.3. The van der Waals surface area contributed by atoms with E-state index in [0.717, 1.165) is 6.42 Å². The molecule has 1 atom stereocenters. The van der Waals surface area contributed by atoms with Gasteiger partial charge in [0, 0.05) is 19.8 Å². The molecule has 2 heterocycles. The van der Waals surface area contributed by atoms with Gasteiger partial charge >= 0.3 is 0 Å². The maximum atomic E-state index is 12.3. The number of aromatic nitrogens is 1. The first-order valence-electron chi connectivity index (χ1n) is 6.06. The summed E-state index contributed by atoms with van der Waals surface area (Å²) in [4.78, 5) is 29.5. The first-order chi connectivity index (χ1) is 9.17. The number of nitrogens with one attached hydrogen (secondary N) is 1. The highest BCUT2D eigenvalue weighted by Crippen LogP contribution is 2.19. The highest BCUT2D eigenvalue weighted by Gasteiger charge is 2.34. The summed E-state index contributed by atoms with van der Waals surface area (Å²) in [6.07, 6.45) is 2.83. The highest BCUT2D eigenvalue weighted by atomic mass is 16.2. The van der Waals surface area contributed by atoms with Crippen molar-refractivity contribution in [3.63, 3.8) is 0 Å². The Bertz CT molecular complexity index is 533. The first kappa shape index (κ1) is 13.0. The van der Waals surface area contributed by atoms with Crippen LogP contribution in [0.25, 0.3) is 0 Å². The SMILES string of the molecule is CNC(=O)C1CCCN1C(=O)c1ccc(C#N)cn1. The van der Waals surface area contributed by atoms with Gasteiger partial charge < -0.3 is 10.2 Å². The molecule has 1 N–H and O–H groups in total. The molecule has 6 nitrogen and oxygen atoms in total. The number of likely N-dealkylation sites (N-methyl/N-ethyl adjacent to an activating group) is 1. The number of nitrogens with zero attached hydrogens (tertiary/aromatic N) is 3. The molecule has 0 radical (unpaired) electrons. The van der Waals surface area contributed by atoms with E-state index in [-0.39, 0.29) is 17.5 Å². The fourth-order valence-corrected chi connectivity index (χ4v) is 2.18. The van der Waals surface area contributed by atoms with E-state index in [0.29, 0.717) is 18.5 Å². The number of carbonyl (C=O) groups is 2. The summed E-state index contributed by atoms with van der Waals surface area (Å²) in [7, 11) is 1.56. The lowest BCUT2D eigenvalue weighted by Crippen LogP contribution is -2.45. The molecule has 0 spiro atoms. The normalized spacial score (nSPS) is 17.9. The van der Waals surface area contributed by atoms with Crippen LogP contribution >= 0.6 is 0 Å². The second-order valence-electron chi connectivity index (χ2n) is 4.31. The van der Waals surface area contributed by atoms with Crippen LogP contribution in [0, 0.1) is 11.3 Å². The summed E-state index contributed by atoms with van der Waals surface area (Å²) in [5.41, 5.74) is 0.663. The van der Waals surface area contributed by atoms with Crippen molar-refractivity contribution in [1.29, 1.82) is 5.26 Å². The van der Waals surface area contributed by atoms with Gasteiger partial charge in [-0.3, -0.25) is 9.59 Å². The number of hydrogen-bond acceptors (Lipinski definition) is 4. The van der Waals surface area contributed by atoms with E-state index in [4.69, 9.17) is 5.26 Å². The average Bonchev–Trinajstić information content (AvgIpc) is 2.95. The van der Waals surface area contributed by atoms with Crippen LogP contribution in [0.15, 0.2) is 18.3 Å². The van der Waals surface area contributed by atoms with Gasteiger partial charge in [0.2, 0.25) is 5.91 Å². The maximum Gasteiger partial charge on any atom is 0.273 e. The summed E-state index contributed by atoms with van der Waals surface area (Å²) < 4.78 is 0. The molecule has 0 bridgehead atoms. The number of pyridine rings is 1. The predicted octanol–water partition coefficient (Wildman–Crippen LogP) is 0.304. The van der Waals surface area contributed by atoms with Crippen LogP contribution in [0.1, 0.15) is 28.9 Å². The molecule has 19 heavy (non-hydrogen) atoms. The molecule has 0 aliphatic carbocycles. The van der Waals surface area contributed by atoms with Gasteiger partial charge in [-0.2, -0.15) is 5.26 Å². The summed E-state index contributed by atoms with van der Waals surface area (Å²) in [6, 6.07) is 4.59. The van der Waals surface area contributed by atoms with Crippen LogP contribution < -0.4 is 5.32 Å². The van der Waals surface area contributed by atoms with Crippen molar-refractivity contribution < 1.29 is 9.59 Å². The minimum Gasteiger partial charge on any atom is -0.357 e. The number of nitriles is 1. The van der Waals surface area contributed by atoms with Crippen molar-refractivity contribution in [3.8, 4) is 6.07 Å². The third kappa shape index (κ3) is 2.55. The Kier molecular flexibility index (Phi) is 3.76. The lowest BCUT2D eigenvalue weighted by atomic mass is 10.2. The molecule has 1 fully saturated rings. The fourth-order valence-electron chi connectivity index (χ4n) is 2.18. The molecule has 2 amide bonds. The van der Waals surface area contributed by atoms with Gasteiger partial charge in [-0.15, -0.1) is 0 Å². The minimum absolute atomic E-state index is 0.153. The fraction of sp³-hybridized carbons (Fsp3) is 0.385. The molecule has 1 aromatic heterocycles. The monoisotopic (exact) mass is 258 g/mol. The minimum atomic E-state index is -0.421. The van der Waals surface area contributed by atoms with Crippen molar-refractivity contribution in [2.24, 2.45) is 0 Å². The van der Waals surface area contributed by atoms with E-state index in [2.05, 4.69) is 10.3 Å². The summed E-state index contributed by atoms with van der Waals surface area (Å²) in [6.45, 7) is 0.554. The van der Waals surface area contributed by atoms with Crippen molar-refractivity contribution in [3.05, 3.63) is 29.6 Å². The van der Waals surface area contributed by atoms with Gasteiger partial charge in [0.15, 0.2) is 0 Å². The van der Waals surface area contributed by atoms with Crippen molar-refractivity contribution >= 4 is 11.8 Å². The van der Waals surface area contributed by atoms with Crippen LogP contribution in [0.3, 0.4) is 0 Å². The third-order valence-electron chi connectivity index (χ3n) is 3.17. The molecule has 1 aromatic rings. The van der Waals surface area contributed by atoms with Crippen LogP contribution in [-0.2, 0) is 4.79 Å². The molecule has 1 aliphatic rings. The number of amides is 2. The Morgan fingerprint density at radius 2 is 2.32 bits per heavy atom. The zero-order chi connectivity index (χ0) is 13.8. The summed E-state index contributed by atoms with van der Waals surface area (Å²) >= 11 is 0. The van der Waals surface area contributed by atoms with Crippen molar-refractivity contribution in [2.45, 2.75) is 18.9 Å². The zero-order valence-corrected chi connectivity index (χ0v) is 10.6. The molecular weight excluding hydrogens is 244 g/mol. The second-order valence-corrected chi connectivity index (χ2v) is 4.31. The van der Waals surface area contributed by atoms with E-state index >= 15 is 0 Å². The molecule has 0 saturated carbocycles. The molecule has 1 aliphatic heterocycles. The molecule has 1 unspecified atom stereocenters. The third-order valence-corrected chi connectivity index (χ3v) is 3.17. The van der Waals surface area contributed by atoms with Gasteiger partial charge in [-0.1, -0.05) is 0 Å². The van der Waals surface area contributed by atoms with Crippen molar-refractivity contribution in [1.82, 2.24) is 15.2 Å². The summed E-state index contributed by atoms with van der Waals surface area (Å²) in [5.74, 6) is -0.421. The highest BCUT2D eigenvalue weighted by molar-refractivity contribution is 5.96. The lowest BCUT2D eigenvalue weighted by Gasteiger charge is -2.22. The van der Waals surface area contributed by atoms with Gasteiger partial charge in [-0.25, -0.2) is 4.98 Å². The quantitative estimate of drug-likeness (QED) is 0.826. The number of likely N-dealkylation sites (tertiary alicyclic amines) is 1. The molecule has 98 valence electrons. The van der Waals surface area contributed by atoms with Crippen LogP contribution in [0.4, 0.5) is 0 Å². The Balaban J connectivity index is 2.18. The van der Waals surface area contributed by atoms with E-state index in [1.165, 1.54) is 17.2 Å². The molecular formula is C13H14N4O2. The largest absolute Gasteiger partial charge is 0.357 e. The topological polar surface area (TPSA) is 86.1 Å². The smallest absolute Gasteiger partial charge is 0.273 e. The van der Waals surface area contributed by atoms with E-state index in [1.807, 2.05) is 6.07 Å². The van der Waals surface area contributed by atoms with Crippen LogP contribution in [0.5, 0.6) is 0 Å². The number of rotatable bonds is 2. The van der Waals surface area contributed by atoms with Crippen LogP contribution in [0.2, 0.25) is 0 Å². The Morgan fingerprint density at radius 3 is 2.89 bits per heavy atom. The Morgan fingerprint density at radius 1 is 1.53 bits per heavy atom. The molecule has 2 rings (SSSR count). The number of carbonyl (C=O) groups excluding carboxylic acids is 2. The molecule has 0 aromatic carbocycles. The Hall–Kier alpha value is -2.42. The van der Waals surface area contributed by atoms with Crippen molar-refractivity contribution in [2.75, 3.05) is 13.6 Å². The number of hydrogen-bond donors (Lipinski definition) is 1. The van der Waals surface area contributed by atoms with E-state index < -0.39 is 6.04 Å². The lowest BCUT2D eigenvalue weighted by molar-refractivity contribution is -0.124. The first-order valence-corrected chi connectivity index (χ1v) is 6.06. The van der Waals surface area contributed by atoms with Gasteiger partial charge in [-0.05, 0) is 25.0 Å². The Labute approximate surface area is 111 Å². The maximum absolute atomic E-state index is 12.3. The standard InChI is InChI=1S/C13H14N4O2/c1-15-12(18)11-3-2-6-17(11)13(19)10-5-4-9(7-14)8-16-10/h4-5,8,11H,2-3,6H2,1H3,(H,15,18). The second kappa shape index (κ2) is 5.48. The van der Waals surface area contributed by atoms with E-state index in [9.17, 15) is 9.59 Å².